The fourth-order valence-electron chi connectivity index (χ4n) is 1.63. The molecule has 0 aliphatic carbocycles. The molecule has 0 aliphatic rings. The Morgan fingerprint density at radius 2 is 1.95 bits per heavy atom. The number of sulfonamides is 1. The van der Waals surface area contributed by atoms with Gasteiger partial charge in [-0.3, -0.25) is 9.40 Å². The summed E-state index contributed by atoms with van der Waals surface area (Å²) in [5, 5.41) is 12.7. The Kier molecular flexibility index (Phi) is 5.02. The molecule has 0 fully saturated rings. The summed E-state index contributed by atoms with van der Waals surface area (Å²) in [6, 6.07) is 2.13. The van der Waals surface area contributed by atoms with Gasteiger partial charge in [-0.1, -0.05) is 0 Å². The summed E-state index contributed by atoms with van der Waals surface area (Å²) >= 11 is 6.07. The maximum absolute atomic E-state index is 13.2. The maximum atomic E-state index is 13.2. The van der Waals surface area contributed by atoms with Crippen molar-refractivity contribution in [1.29, 1.82) is 0 Å². The molecule has 0 saturated heterocycles. The van der Waals surface area contributed by atoms with Gasteiger partial charge in [0.05, 0.1) is 25.0 Å². The molecule has 1 aromatic carbocycles. The lowest BCUT2D eigenvalue weighted by Crippen LogP contribution is -2.14. The number of hydrogen-bond donors (Lipinski definition) is 2. The molecule has 2 rings (SSSR count). The predicted octanol–water partition coefficient (Wildman–Crippen LogP) is 2.34. The highest BCUT2D eigenvalue weighted by Crippen LogP contribution is 2.32. The monoisotopic (exact) mass is 441 g/mol. The van der Waals surface area contributed by atoms with E-state index in [9.17, 15) is 12.8 Å². The van der Waals surface area contributed by atoms with Crippen LogP contribution >= 0.6 is 31.9 Å². The summed E-state index contributed by atoms with van der Waals surface area (Å²) in [4.78, 5) is -0.112. The van der Waals surface area contributed by atoms with Crippen LogP contribution in [0.2, 0.25) is 0 Å². The Hall–Kier alpha value is -0.970. The average Bonchev–Trinajstić information content (AvgIpc) is 2.74. The van der Waals surface area contributed by atoms with E-state index in [1.165, 1.54) is 17.1 Å². The SMILES string of the molecule is O=S(=O)(Nc1cnn(CCO)c1)c1c(Br)cc(F)cc1Br. The third-order valence-electron chi connectivity index (χ3n) is 2.45. The number of aromatic nitrogens is 2. The number of hydrogen-bond acceptors (Lipinski definition) is 4. The van der Waals surface area contributed by atoms with Crippen molar-refractivity contribution in [1.82, 2.24) is 9.78 Å². The number of nitrogens with zero attached hydrogens (tertiary/aromatic N) is 2. The van der Waals surface area contributed by atoms with Crippen molar-refractivity contribution < 1.29 is 17.9 Å². The highest BCUT2D eigenvalue weighted by Gasteiger charge is 2.22. The van der Waals surface area contributed by atoms with Gasteiger partial charge in [0.1, 0.15) is 10.7 Å². The van der Waals surface area contributed by atoms with Crippen LogP contribution in [0.25, 0.3) is 0 Å². The van der Waals surface area contributed by atoms with Crippen molar-refractivity contribution in [2.24, 2.45) is 0 Å². The van der Waals surface area contributed by atoms with Crippen molar-refractivity contribution in [3.8, 4) is 0 Å². The average molecular weight is 443 g/mol. The third-order valence-corrected chi connectivity index (χ3v) is 5.70. The van der Waals surface area contributed by atoms with Gasteiger partial charge >= 0.3 is 0 Å². The van der Waals surface area contributed by atoms with Gasteiger partial charge in [-0.2, -0.15) is 5.10 Å². The smallest absolute Gasteiger partial charge is 0.264 e. The van der Waals surface area contributed by atoms with E-state index in [4.69, 9.17) is 5.11 Å². The standard InChI is InChI=1S/C11H10Br2FN3O3S/c12-9-3-7(14)4-10(13)11(9)21(19,20)16-8-5-15-17(6-8)1-2-18/h3-6,16,18H,1-2H2. The van der Waals surface area contributed by atoms with Crippen LogP contribution in [0.15, 0.2) is 38.4 Å². The minimum absolute atomic E-state index is 0.102. The molecule has 0 atom stereocenters. The molecule has 1 heterocycles. The van der Waals surface area contributed by atoms with E-state index in [2.05, 4.69) is 41.7 Å². The van der Waals surface area contributed by atoms with Crippen LogP contribution in [0.1, 0.15) is 0 Å². The number of halogens is 3. The Morgan fingerprint density at radius 3 is 2.52 bits per heavy atom. The molecule has 0 amide bonds. The van der Waals surface area contributed by atoms with Crippen molar-refractivity contribution in [3.63, 3.8) is 0 Å². The van der Waals surface area contributed by atoms with Gasteiger partial charge in [0.25, 0.3) is 10.0 Å². The molecule has 2 N–H and O–H groups in total. The van der Waals surface area contributed by atoms with Crippen LogP contribution in [0.4, 0.5) is 10.1 Å². The van der Waals surface area contributed by atoms with Gasteiger partial charge in [-0.05, 0) is 44.0 Å². The van der Waals surface area contributed by atoms with Gasteiger partial charge in [-0.15, -0.1) is 0 Å². The number of anilines is 1. The van der Waals surface area contributed by atoms with Crippen molar-refractivity contribution in [2.75, 3.05) is 11.3 Å². The Labute approximate surface area is 137 Å². The molecule has 6 nitrogen and oxygen atoms in total. The maximum Gasteiger partial charge on any atom is 0.264 e. The van der Waals surface area contributed by atoms with Crippen LogP contribution in [0, 0.1) is 5.82 Å². The normalized spacial score (nSPS) is 11.6. The lowest BCUT2D eigenvalue weighted by Gasteiger charge is -2.10. The van der Waals surface area contributed by atoms with E-state index < -0.39 is 15.8 Å². The second-order valence-corrected chi connectivity index (χ2v) is 7.35. The molecule has 2 aromatic rings. The molecule has 0 radical (unpaired) electrons. The molecule has 0 aliphatic heterocycles. The molecule has 0 bridgehead atoms. The van der Waals surface area contributed by atoms with Crippen molar-refractivity contribution in [2.45, 2.75) is 11.4 Å². The van der Waals surface area contributed by atoms with Crippen molar-refractivity contribution in [3.05, 3.63) is 39.3 Å². The van der Waals surface area contributed by atoms with E-state index in [0.29, 0.717) is 0 Å². The Balaban J connectivity index is 2.34. The van der Waals surface area contributed by atoms with Crippen LogP contribution in [-0.2, 0) is 16.6 Å². The van der Waals surface area contributed by atoms with Gasteiger partial charge < -0.3 is 5.11 Å². The first-order valence-corrected chi connectivity index (χ1v) is 8.71. The Morgan fingerprint density at radius 1 is 1.33 bits per heavy atom. The van der Waals surface area contributed by atoms with Gasteiger partial charge in [0.2, 0.25) is 0 Å². The minimum atomic E-state index is -3.92. The van der Waals surface area contributed by atoms with Crippen LogP contribution in [-0.4, -0.2) is 29.9 Å². The fourth-order valence-corrected chi connectivity index (χ4v) is 5.19. The lowest BCUT2D eigenvalue weighted by molar-refractivity contribution is 0.269. The highest BCUT2D eigenvalue weighted by atomic mass is 79.9. The Bertz CT molecular complexity index is 741. The summed E-state index contributed by atoms with van der Waals surface area (Å²) in [5.74, 6) is -0.566. The summed E-state index contributed by atoms with van der Waals surface area (Å²) in [7, 11) is -3.92. The zero-order chi connectivity index (χ0) is 15.6. The second kappa shape index (κ2) is 6.42. The third kappa shape index (κ3) is 3.82. The molecule has 1 aromatic heterocycles. The van der Waals surface area contributed by atoms with E-state index in [-0.39, 0.29) is 32.7 Å². The minimum Gasteiger partial charge on any atom is -0.394 e. The lowest BCUT2D eigenvalue weighted by atomic mass is 10.3. The first-order valence-electron chi connectivity index (χ1n) is 5.64. The molecule has 114 valence electrons. The number of aliphatic hydroxyl groups is 1. The summed E-state index contributed by atoms with van der Waals surface area (Å²) in [5.41, 5.74) is 0.242. The number of rotatable bonds is 5. The molecular formula is C11H10Br2FN3O3S. The highest BCUT2D eigenvalue weighted by molar-refractivity contribution is 9.11. The molecular weight excluding hydrogens is 433 g/mol. The molecule has 0 unspecified atom stereocenters. The topological polar surface area (TPSA) is 84.2 Å². The van der Waals surface area contributed by atoms with Gasteiger partial charge in [0.15, 0.2) is 0 Å². The van der Waals surface area contributed by atoms with Crippen LogP contribution in [0.3, 0.4) is 0 Å². The summed E-state index contributed by atoms with van der Waals surface area (Å²) in [6.45, 7) is 0.147. The quantitative estimate of drug-likeness (QED) is 0.744. The number of benzene rings is 1. The summed E-state index contributed by atoms with van der Waals surface area (Å²) in [6.07, 6.45) is 2.76. The number of nitrogens with one attached hydrogen (secondary N) is 1. The summed E-state index contributed by atoms with van der Waals surface area (Å²) < 4.78 is 41.8. The molecule has 10 heteroatoms. The molecule has 0 spiro atoms. The first kappa shape index (κ1) is 16.4. The van der Waals surface area contributed by atoms with Gasteiger partial charge in [0, 0.05) is 15.1 Å². The van der Waals surface area contributed by atoms with E-state index >= 15 is 0 Å². The van der Waals surface area contributed by atoms with E-state index in [0.717, 1.165) is 12.1 Å². The zero-order valence-electron chi connectivity index (χ0n) is 10.4. The van der Waals surface area contributed by atoms with Gasteiger partial charge in [-0.25, -0.2) is 12.8 Å². The van der Waals surface area contributed by atoms with Crippen LogP contribution in [0.5, 0.6) is 0 Å². The molecule has 0 saturated carbocycles. The van der Waals surface area contributed by atoms with E-state index in [1.54, 1.807) is 0 Å². The van der Waals surface area contributed by atoms with Crippen LogP contribution < -0.4 is 4.72 Å². The molecule has 21 heavy (non-hydrogen) atoms. The largest absolute Gasteiger partial charge is 0.394 e. The first-order chi connectivity index (χ1) is 9.83. The van der Waals surface area contributed by atoms with E-state index in [1.807, 2.05) is 0 Å². The zero-order valence-corrected chi connectivity index (χ0v) is 14.4. The second-order valence-electron chi connectivity index (χ2n) is 4.02. The van der Waals surface area contributed by atoms with Crippen molar-refractivity contribution >= 4 is 47.6 Å². The fraction of sp³-hybridized carbons (Fsp3) is 0.182. The predicted molar refractivity (Wildman–Crippen MR) is 81.9 cm³/mol. The number of aliphatic hydroxyl groups excluding tert-OH is 1.